The van der Waals surface area contributed by atoms with Gasteiger partial charge in [0.15, 0.2) is 5.82 Å². The van der Waals surface area contributed by atoms with Crippen LogP contribution in [-0.2, 0) is 11.2 Å². The minimum atomic E-state index is -0.340. The summed E-state index contributed by atoms with van der Waals surface area (Å²) in [6.07, 6.45) is 0.223. The van der Waals surface area contributed by atoms with Gasteiger partial charge in [-0.25, -0.2) is 4.79 Å². The Kier molecular flexibility index (Phi) is 7.58. The van der Waals surface area contributed by atoms with Gasteiger partial charge in [-0.05, 0) is 42.8 Å². The van der Waals surface area contributed by atoms with E-state index in [2.05, 4.69) is 9.36 Å². The quantitative estimate of drug-likeness (QED) is 0.505. The molecule has 2 heterocycles. The van der Waals surface area contributed by atoms with Gasteiger partial charge in [0.1, 0.15) is 11.5 Å². The fraction of sp³-hybridized carbons (Fsp3) is 0.333. The lowest BCUT2D eigenvalue weighted by Gasteiger charge is -2.34. The van der Waals surface area contributed by atoms with E-state index in [0.29, 0.717) is 61.5 Å². The van der Waals surface area contributed by atoms with Crippen LogP contribution in [0.4, 0.5) is 4.79 Å². The number of carbonyl (C=O) groups is 2. The third-order valence-corrected chi connectivity index (χ3v) is 5.96. The summed E-state index contributed by atoms with van der Waals surface area (Å²) in [5, 5.41) is 0.408. The van der Waals surface area contributed by atoms with E-state index in [1.54, 1.807) is 48.1 Å². The second-order valence-electron chi connectivity index (χ2n) is 7.61. The molecule has 0 unspecified atom stereocenters. The second kappa shape index (κ2) is 11.0. The number of hydrogen-bond donors (Lipinski definition) is 0. The number of nitrogens with zero attached hydrogens (tertiary/aromatic N) is 4. The maximum Gasteiger partial charge on any atom is 0.409 e. The van der Waals surface area contributed by atoms with Crippen LogP contribution in [0.15, 0.2) is 48.5 Å². The number of aromatic nitrogens is 2. The normalized spacial score (nSPS) is 13.5. The first-order valence-electron chi connectivity index (χ1n) is 11.0. The topological polar surface area (TPSA) is 94.1 Å². The van der Waals surface area contributed by atoms with Crippen LogP contribution in [0, 0.1) is 0 Å². The lowest BCUT2D eigenvalue weighted by atomic mass is 10.1. The van der Waals surface area contributed by atoms with Crippen molar-refractivity contribution in [1.82, 2.24) is 19.2 Å². The summed E-state index contributed by atoms with van der Waals surface area (Å²) < 4.78 is 20.5. The molecule has 4 rings (SSSR count). The van der Waals surface area contributed by atoms with Crippen molar-refractivity contribution in [3.05, 3.63) is 65.5 Å². The van der Waals surface area contributed by atoms with Crippen LogP contribution >= 0.6 is 11.5 Å². The Morgan fingerprint density at radius 1 is 1.00 bits per heavy atom. The maximum absolute atomic E-state index is 13.0. The minimum absolute atomic E-state index is 0.107. The summed E-state index contributed by atoms with van der Waals surface area (Å²) in [5.41, 5.74) is 1.56. The highest BCUT2D eigenvalue weighted by atomic mass is 32.1. The molecule has 2 aromatic carbocycles. The van der Waals surface area contributed by atoms with Gasteiger partial charge in [-0.15, -0.1) is 0 Å². The van der Waals surface area contributed by atoms with Crippen LogP contribution in [0.3, 0.4) is 0 Å². The zero-order valence-electron chi connectivity index (χ0n) is 19.1. The number of benzene rings is 2. The average Bonchev–Trinajstić information content (AvgIpc) is 3.30. The van der Waals surface area contributed by atoms with Crippen molar-refractivity contribution < 1.29 is 23.8 Å². The van der Waals surface area contributed by atoms with Gasteiger partial charge in [0.05, 0.1) is 13.7 Å². The van der Waals surface area contributed by atoms with Crippen LogP contribution in [0.2, 0.25) is 0 Å². The first kappa shape index (κ1) is 23.5. The molecule has 1 aliphatic rings. The molecule has 3 aromatic rings. The SMILES string of the molecule is CCOC(=O)N1CCN(C(=O)c2cccc(Oc3nc(Cc4cccc(OC)c4)ns3)c2)CC1. The lowest BCUT2D eigenvalue weighted by Crippen LogP contribution is -2.50. The van der Waals surface area contributed by atoms with Gasteiger partial charge >= 0.3 is 6.09 Å². The molecule has 1 aromatic heterocycles. The van der Waals surface area contributed by atoms with Gasteiger partial charge in [0.25, 0.3) is 11.1 Å². The molecule has 0 atom stereocenters. The summed E-state index contributed by atoms with van der Waals surface area (Å²) in [4.78, 5) is 32.6. The van der Waals surface area contributed by atoms with Gasteiger partial charge in [-0.1, -0.05) is 18.2 Å². The predicted molar refractivity (Wildman–Crippen MR) is 127 cm³/mol. The molecule has 0 saturated carbocycles. The van der Waals surface area contributed by atoms with E-state index in [9.17, 15) is 9.59 Å². The number of ether oxygens (including phenoxy) is 3. The van der Waals surface area contributed by atoms with E-state index in [-0.39, 0.29) is 12.0 Å². The highest BCUT2D eigenvalue weighted by molar-refractivity contribution is 7.07. The van der Waals surface area contributed by atoms with Gasteiger partial charge in [-0.2, -0.15) is 9.36 Å². The Morgan fingerprint density at radius 2 is 1.74 bits per heavy atom. The van der Waals surface area contributed by atoms with Crippen molar-refractivity contribution in [3.63, 3.8) is 0 Å². The fourth-order valence-corrected chi connectivity index (χ4v) is 4.17. The lowest BCUT2D eigenvalue weighted by molar-refractivity contribution is 0.0570. The highest BCUT2D eigenvalue weighted by Gasteiger charge is 2.25. The number of amides is 2. The molecule has 0 bridgehead atoms. The third-order valence-electron chi connectivity index (χ3n) is 5.32. The van der Waals surface area contributed by atoms with Crippen LogP contribution < -0.4 is 9.47 Å². The Labute approximate surface area is 202 Å². The second-order valence-corrected chi connectivity index (χ2v) is 8.33. The van der Waals surface area contributed by atoms with E-state index < -0.39 is 0 Å². The summed E-state index contributed by atoms with van der Waals surface area (Å²) in [5.74, 6) is 1.85. The Balaban J connectivity index is 1.36. The Hall–Kier alpha value is -3.66. The summed E-state index contributed by atoms with van der Waals surface area (Å²) >= 11 is 1.16. The van der Waals surface area contributed by atoms with Crippen molar-refractivity contribution >= 4 is 23.5 Å². The third kappa shape index (κ3) is 5.82. The Morgan fingerprint density at radius 3 is 2.50 bits per heavy atom. The molecule has 34 heavy (non-hydrogen) atoms. The number of carbonyl (C=O) groups excluding carboxylic acids is 2. The van der Waals surface area contributed by atoms with E-state index in [0.717, 1.165) is 22.8 Å². The van der Waals surface area contributed by atoms with E-state index >= 15 is 0 Å². The van der Waals surface area contributed by atoms with Crippen LogP contribution in [-0.4, -0.2) is 71.1 Å². The van der Waals surface area contributed by atoms with Gasteiger partial charge in [0, 0.05) is 49.7 Å². The van der Waals surface area contributed by atoms with E-state index in [1.807, 2.05) is 24.3 Å². The number of hydrogen-bond acceptors (Lipinski definition) is 8. The zero-order valence-corrected chi connectivity index (χ0v) is 19.9. The standard InChI is InChI=1S/C24H26N4O5S/c1-3-32-24(30)28-12-10-27(11-13-28)22(29)18-7-5-9-20(16-18)33-23-25-21(26-34-23)15-17-6-4-8-19(14-17)31-2/h4-9,14,16H,3,10-13,15H2,1-2H3. The highest BCUT2D eigenvalue weighted by Crippen LogP contribution is 2.26. The van der Waals surface area contributed by atoms with Crippen molar-refractivity contribution in [2.45, 2.75) is 13.3 Å². The number of methoxy groups -OCH3 is 1. The first-order chi connectivity index (χ1) is 16.6. The van der Waals surface area contributed by atoms with E-state index in [4.69, 9.17) is 14.2 Å². The van der Waals surface area contributed by atoms with Crippen molar-refractivity contribution in [3.8, 4) is 16.7 Å². The number of rotatable bonds is 7. The molecule has 0 spiro atoms. The summed E-state index contributed by atoms with van der Waals surface area (Å²) in [6.45, 7) is 3.90. The van der Waals surface area contributed by atoms with Crippen molar-refractivity contribution in [2.75, 3.05) is 39.9 Å². The molecular weight excluding hydrogens is 456 g/mol. The van der Waals surface area contributed by atoms with Crippen LogP contribution in [0.25, 0.3) is 0 Å². The van der Waals surface area contributed by atoms with Crippen LogP contribution in [0.1, 0.15) is 28.7 Å². The molecular formula is C24H26N4O5S. The average molecular weight is 483 g/mol. The maximum atomic E-state index is 13.0. The minimum Gasteiger partial charge on any atom is -0.497 e. The predicted octanol–water partition coefficient (Wildman–Crippen LogP) is 3.84. The molecule has 2 amide bonds. The molecule has 1 aliphatic heterocycles. The molecule has 0 N–H and O–H groups in total. The molecule has 0 aliphatic carbocycles. The summed E-state index contributed by atoms with van der Waals surface area (Å²) in [6, 6.07) is 14.8. The molecule has 10 heteroatoms. The van der Waals surface area contributed by atoms with Gasteiger partial charge in [0.2, 0.25) is 0 Å². The zero-order chi connectivity index (χ0) is 23.9. The van der Waals surface area contributed by atoms with E-state index in [1.165, 1.54) is 0 Å². The molecule has 1 saturated heterocycles. The molecule has 1 fully saturated rings. The molecule has 0 radical (unpaired) electrons. The van der Waals surface area contributed by atoms with Crippen molar-refractivity contribution in [1.29, 1.82) is 0 Å². The fourth-order valence-electron chi connectivity index (χ4n) is 3.60. The first-order valence-corrected chi connectivity index (χ1v) is 11.8. The largest absolute Gasteiger partial charge is 0.497 e. The monoisotopic (exact) mass is 482 g/mol. The van der Waals surface area contributed by atoms with Crippen LogP contribution in [0.5, 0.6) is 16.7 Å². The Bertz CT molecular complexity index is 1140. The van der Waals surface area contributed by atoms with Gasteiger partial charge in [-0.3, -0.25) is 4.79 Å². The van der Waals surface area contributed by atoms with Gasteiger partial charge < -0.3 is 24.0 Å². The van der Waals surface area contributed by atoms with Crippen molar-refractivity contribution in [2.24, 2.45) is 0 Å². The smallest absolute Gasteiger partial charge is 0.409 e. The molecule has 9 nitrogen and oxygen atoms in total. The number of piperazine rings is 1. The molecule has 178 valence electrons. The summed E-state index contributed by atoms with van der Waals surface area (Å²) in [7, 11) is 1.63.